The van der Waals surface area contributed by atoms with Crippen LogP contribution in [0, 0.1) is 6.92 Å². The first-order chi connectivity index (χ1) is 22.0. The molecule has 0 aliphatic rings. The molecule has 6 aromatic rings. The molecule has 4 heterocycles. The Balaban J connectivity index is 1.59. The highest BCUT2D eigenvalue weighted by Gasteiger charge is 2.35. The molecule has 0 spiro atoms. The number of nitrogens with zero attached hydrogens (tertiary/aromatic N) is 6. The third kappa shape index (κ3) is 5.60. The number of rotatable bonds is 8. The molecule has 6 rings (SSSR count). The molecule has 0 aliphatic carbocycles. The second kappa shape index (κ2) is 11.8. The van der Waals surface area contributed by atoms with Crippen molar-refractivity contribution in [1.82, 2.24) is 29.5 Å². The molecule has 2 aromatic carbocycles. The smallest absolute Gasteiger partial charge is 0.435 e. The normalized spacial score (nSPS) is 11.9. The van der Waals surface area contributed by atoms with Gasteiger partial charge in [0.25, 0.3) is 0 Å². The van der Waals surface area contributed by atoms with Gasteiger partial charge in [0.15, 0.2) is 17.3 Å². The van der Waals surface area contributed by atoms with Gasteiger partial charge in [-0.2, -0.15) is 23.4 Å². The van der Waals surface area contributed by atoms with Crippen LogP contribution >= 0.6 is 0 Å². The van der Waals surface area contributed by atoms with Crippen molar-refractivity contribution in [2.24, 2.45) is 0 Å². The van der Waals surface area contributed by atoms with Gasteiger partial charge in [-0.15, -0.1) is 0 Å². The summed E-state index contributed by atoms with van der Waals surface area (Å²) in [6, 6.07) is 25.4. The van der Waals surface area contributed by atoms with E-state index in [4.69, 9.17) is 19.4 Å². The first kappa shape index (κ1) is 30.6. The Bertz CT molecular complexity index is 2000. The summed E-state index contributed by atoms with van der Waals surface area (Å²) < 4.78 is 55.6. The van der Waals surface area contributed by atoms with Gasteiger partial charge in [0, 0.05) is 29.9 Å². The molecular formula is C35H31F3N6O2. The number of hydrogen-bond acceptors (Lipinski definition) is 6. The quantitative estimate of drug-likeness (QED) is 0.172. The summed E-state index contributed by atoms with van der Waals surface area (Å²) in [6.45, 7) is 5.77. The van der Waals surface area contributed by atoms with Crippen molar-refractivity contribution in [3.63, 3.8) is 0 Å². The van der Waals surface area contributed by atoms with Gasteiger partial charge < -0.3 is 9.47 Å². The Morgan fingerprint density at radius 2 is 1.07 bits per heavy atom. The molecule has 0 bridgehead atoms. The molecule has 8 nitrogen and oxygen atoms in total. The zero-order valence-corrected chi connectivity index (χ0v) is 25.9. The van der Waals surface area contributed by atoms with Gasteiger partial charge in [0.1, 0.15) is 11.5 Å². The minimum absolute atomic E-state index is 0.180. The van der Waals surface area contributed by atoms with E-state index in [1.807, 2.05) is 99.8 Å². The number of methoxy groups -OCH3 is 2. The third-order valence-corrected chi connectivity index (χ3v) is 7.81. The predicted octanol–water partition coefficient (Wildman–Crippen LogP) is 7.85. The van der Waals surface area contributed by atoms with E-state index in [0.717, 1.165) is 27.6 Å². The van der Waals surface area contributed by atoms with Gasteiger partial charge in [-0.25, -0.2) is 19.3 Å². The molecule has 4 aromatic heterocycles. The van der Waals surface area contributed by atoms with Crippen molar-refractivity contribution in [3.8, 4) is 45.4 Å². The van der Waals surface area contributed by atoms with E-state index in [2.05, 4.69) is 10.2 Å². The summed E-state index contributed by atoms with van der Waals surface area (Å²) in [5.41, 5.74) is 2.82. The number of pyridine rings is 2. The van der Waals surface area contributed by atoms with Crippen molar-refractivity contribution in [2.75, 3.05) is 14.2 Å². The predicted molar refractivity (Wildman–Crippen MR) is 169 cm³/mol. The first-order valence-corrected chi connectivity index (χ1v) is 14.5. The van der Waals surface area contributed by atoms with Gasteiger partial charge in [0.2, 0.25) is 0 Å². The lowest BCUT2D eigenvalue weighted by atomic mass is 9.83. The minimum Gasteiger partial charge on any atom is -0.496 e. The van der Waals surface area contributed by atoms with Gasteiger partial charge in [-0.05, 0) is 44.0 Å². The SMILES string of the molecule is COc1cc(C(C)(C)c2cc(OC)c(-c3ccccc3)c(-n3ccc(C(F)(F)F)n3)n2)nc(-n2ccc(C)n2)c1-c1ccccc1. The zero-order chi connectivity index (χ0) is 32.6. The molecule has 11 heteroatoms. The molecule has 0 amide bonds. The van der Waals surface area contributed by atoms with Crippen molar-refractivity contribution >= 4 is 0 Å². The average Bonchev–Trinajstić information content (AvgIpc) is 3.74. The van der Waals surface area contributed by atoms with Gasteiger partial charge in [-0.1, -0.05) is 60.7 Å². The third-order valence-electron chi connectivity index (χ3n) is 7.81. The van der Waals surface area contributed by atoms with E-state index in [-0.39, 0.29) is 5.82 Å². The highest BCUT2D eigenvalue weighted by Crippen LogP contribution is 2.43. The molecule has 0 radical (unpaired) electrons. The minimum atomic E-state index is -4.62. The largest absolute Gasteiger partial charge is 0.496 e. The number of aromatic nitrogens is 6. The first-order valence-electron chi connectivity index (χ1n) is 14.5. The van der Waals surface area contributed by atoms with Gasteiger partial charge in [0.05, 0.1) is 42.4 Å². The summed E-state index contributed by atoms with van der Waals surface area (Å²) >= 11 is 0. The Kier molecular flexibility index (Phi) is 7.85. The Morgan fingerprint density at radius 1 is 0.609 bits per heavy atom. The van der Waals surface area contributed by atoms with Crippen LogP contribution in [-0.2, 0) is 11.6 Å². The zero-order valence-electron chi connectivity index (χ0n) is 25.9. The van der Waals surface area contributed by atoms with Crippen LogP contribution in [0.1, 0.15) is 36.6 Å². The summed E-state index contributed by atoms with van der Waals surface area (Å²) in [4.78, 5) is 10.1. The molecule has 0 unspecified atom stereocenters. The fourth-order valence-corrected chi connectivity index (χ4v) is 5.32. The molecular weight excluding hydrogens is 593 g/mol. The molecule has 0 saturated heterocycles. The summed E-state index contributed by atoms with van der Waals surface area (Å²) in [6.07, 6.45) is -1.53. The lowest BCUT2D eigenvalue weighted by molar-refractivity contribution is -0.141. The van der Waals surface area contributed by atoms with Crippen LogP contribution in [0.15, 0.2) is 97.3 Å². The Morgan fingerprint density at radius 3 is 1.46 bits per heavy atom. The second-order valence-electron chi connectivity index (χ2n) is 11.2. The average molecular weight is 625 g/mol. The van der Waals surface area contributed by atoms with E-state index < -0.39 is 17.3 Å². The van der Waals surface area contributed by atoms with Crippen molar-refractivity contribution < 1.29 is 22.6 Å². The summed E-state index contributed by atoms with van der Waals surface area (Å²) in [5.74, 6) is 1.72. The molecule has 0 atom stereocenters. The van der Waals surface area contributed by atoms with Crippen LogP contribution in [-0.4, -0.2) is 43.7 Å². The Labute approximate surface area is 264 Å². The van der Waals surface area contributed by atoms with Crippen LogP contribution in [0.3, 0.4) is 0 Å². The van der Waals surface area contributed by atoms with Crippen LogP contribution in [0.4, 0.5) is 13.2 Å². The van der Waals surface area contributed by atoms with Crippen LogP contribution in [0.25, 0.3) is 33.9 Å². The van der Waals surface area contributed by atoms with Crippen molar-refractivity contribution in [3.05, 3.63) is 120 Å². The maximum atomic E-state index is 13.6. The standard InChI is InChI=1S/C35H31F3N6O2/c1-22-16-18-43(41-22)32-30(23-12-8-6-9-13-23)25(45-4)20-28(39-32)34(2,3)29-21-26(46-5)31(24-14-10-7-11-15-24)33(40-29)44-19-17-27(42-44)35(36,37)38/h6-21H,1-5H3. The van der Waals surface area contributed by atoms with E-state index >= 15 is 0 Å². The topological polar surface area (TPSA) is 79.9 Å². The molecule has 0 saturated carbocycles. The fourth-order valence-electron chi connectivity index (χ4n) is 5.32. The number of halogens is 3. The number of aryl methyl sites for hydroxylation is 1. The van der Waals surface area contributed by atoms with Gasteiger partial charge in [-0.3, -0.25) is 0 Å². The maximum Gasteiger partial charge on any atom is 0.435 e. The van der Waals surface area contributed by atoms with E-state index in [1.165, 1.54) is 13.3 Å². The number of benzene rings is 2. The number of alkyl halides is 3. The second-order valence-corrected chi connectivity index (χ2v) is 11.2. The summed E-state index contributed by atoms with van der Waals surface area (Å²) in [5, 5.41) is 8.51. The molecule has 46 heavy (non-hydrogen) atoms. The molecule has 234 valence electrons. The van der Waals surface area contributed by atoms with E-state index in [0.29, 0.717) is 39.8 Å². The molecule has 0 aliphatic heterocycles. The van der Waals surface area contributed by atoms with E-state index in [1.54, 1.807) is 17.9 Å². The monoisotopic (exact) mass is 624 g/mol. The lowest BCUT2D eigenvalue weighted by Crippen LogP contribution is -2.25. The van der Waals surface area contributed by atoms with Crippen LogP contribution < -0.4 is 9.47 Å². The Hall–Kier alpha value is -5.45. The number of ether oxygens (including phenoxy) is 2. The van der Waals surface area contributed by atoms with E-state index in [9.17, 15) is 13.2 Å². The van der Waals surface area contributed by atoms with Crippen LogP contribution in [0.2, 0.25) is 0 Å². The highest BCUT2D eigenvalue weighted by atomic mass is 19.4. The van der Waals surface area contributed by atoms with Crippen molar-refractivity contribution in [2.45, 2.75) is 32.4 Å². The fraction of sp³-hybridized carbons (Fsp3) is 0.200. The lowest BCUT2D eigenvalue weighted by Gasteiger charge is -2.28. The molecule has 0 fully saturated rings. The summed E-state index contributed by atoms with van der Waals surface area (Å²) in [7, 11) is 3.11. The van der Waals surface area contributed by atoms with Crippen molar-refractivity contribution in [1.29, 1.82) is 0 Å². The molecule has 0 N–H and O–H groups in total. The van der Waals surface area contributed by atoms with Crippen LogP contribution in [0.5, 0.6) is 11.5 Å². The number of hydrogen-bond donors (Lipinski definition) is 0. The van der Waals surface area contributed by atoms with Gasteiger partial charge >= 0.3 is 6.18 Å². The highest BCUT2D eigenvalue weighted by molar-refractivity contribution is 5.79. The maximum absolute atomic E-state index is 13.6.